The monoisotopic (exact) mass is 261 g/mol. The summed E-state index contributed by atoms with van der Waals surface area (Å²) in [5.74, 6) is -2.00. The van der Waals surface area contributed by atoms with E-state index in [2.05, 4.69) is 15.4 Å². The molecule has 0 rings (SSSR count). The number of amides is 3. The maximum Gasteiger partial charge on any atom is 0.334 e. The van der Waals surface area contributed by atoms with E-state index in [0.717, 1.165) is 0 Å². The number of methoxy groups -OCH3 is 1. The van der Waals surface area contributed by atoms with Crippen LogP contribution in [0.1, 0.15) is 13.8 Å². The van der Waals surface area contributed by atoms with Gasteiger partial charge in [0.05, 0.1) is 6.54 Å². The fourth-order valence-corrected chi connectivity index (χ4v) is 1.22. The van der Waals surface area contributed by atoms with E-state index in [1.165, 1.54) is 7.11 Å². The first-order chi connectivity index (χ1) is 8.29. The minimum Gasteiger partial charge on any atom is -0.479 e. The lowest BCUT2D eigenvalue weighted by Crippen LogP contribution is -2.52. The Balaban J connectivity index is 4.25. The molecule has 0 aromatic rings. The second-order valence-electron chi connectivity index (χ2n) is 4.04. The Labute approximate surface area is 105 Å². The molecule has 8 heteroatoms. The molecule has 104 valence electrons. The highest BCUT2D eigenvalue weighted by atomic mass is 16.5. The number of hydrogen-bond donors (Lipinski definition) is 4. The van der Waals surface area contributed by atoms with Gasteiger partial charge in [-0.1, -0.05) is 13.8 Å². The first kappa shape index (κ1) is 16.2. The van der Waals surface area contributed by atoms with E-state index in [4.69, 9.17) is 10.8 Å². The fourth-order valence-electron chi connectivity index (χ4n) is 1.22. The third-order valence-electron chi connectivity index (χ3n) is 2.27. The van der Waals surface area contributed by atoms with Crippen molar-refractivity contribution < 1.29 is 24.2 Å². The van der Waals surface area contributed by atoms with Gasteiger partial charge in [-0.15, -0.1) is 0 Å². The number of carboxylic acid groups (broad SMARTS) is 1. The zero-order chi connectivity index (χ0) is 14.3. The number of nitrogens with two attached hydrogens (primary N) is 1. The van der Waals surface area contributed by atoms with Gasteiger partial charge in [0.25, 0.3) is 0 Å². The van der Waals surface area contributed by atoms with Gasteiger partial charge in [-0.05, 0) is 5.92 Å². The smallest absolute Gasteiger partial charge is 0.334 e. The highest BCUT2D eigenvalue weighted by Gasteiger charge is 2.23. The SMILES string of the molecule is COC(CNC(=O)NC(C(N)=O)C(C)C)C(=O)O. The number of carboxylic acids is 1. The number of primary amides is 1. The van der Waals surface area contributed by atoms with Crippen molar-refractivity contribution in [2.24, 2.45) is 11.7 Å². The molecule has 2 atom stereocenters. The maximum atomic E-state index is 11.4. The van der Waals surface area contributed by atoms with Crippen molar-refractivity contribution in [3.63, 3.8) is 0 Å². The standard InChI is InChI=1S/C10H19N3O5/c1-5(2)7(8(11)14)13-10(17)12-4-6(18-3)9(15)16/h5-7H,4H2,1-3H3,(H2,11,14)(H,15,16)(H2,12,13,17). The number of carbonyl (C=O) groups excluding carboxylic acids is 2. The van der Waals surface area contributed by atoms with Crippen molar-refractivity contribution in [3.8, 4) is 0 Å². The summed E-state index contributed by atoms with van der Waals surface area (Å²) in [5.41, 5.74) is 5.12. The molecule has 0 fully saturated rings. The lowest BCUT2D eigenvalue weighted by molar-refractivity contribution is -0.148. The van der Waals surface area contributed by atoms with Crippen molar-refractivity contribution in [2.45, 2.75) is 26.0 Å². The molecule has 0 bridgehead atoms. The van der Waals surface area contributed by atoms with Crippen molar-refractivity contribution >= 4 is 17.9 Å². The predicted molar refractivity (Wildman–Crippen MR) is 62.8 cm³/mol. The molecule has 0 spiro atoms. The van der Waals surface area contributed by atoms with Gasteiger partial charge in [-0.3, -0.25) is 4.79 Å². The number of aliphatic carboxylic acids is 1. The molecule has 0 aliphatic rings. The van der Waals surface area contributed by atoms with Gasteiger partial charge in [-0.2, -0.15) is 0 Å². The average Bonchev–Trinajstić information content (AvgIpc) is 2.25. The lowest BCUT2D eigenvalue weighted by Gasteiger charge is -2.20. The molecule has 18 heavy (non-hydrogen) atoms. The summed E-state index contributed by atoms with van der Waals surface area (Å²) in [6.45, 7) is 3.25. The van der Waals surface area contributed by atoms with Gasteiger partial charge in [0.1, 0.15) is 6.04 Å². The Morgan fingerprint density at radius 3 is 2.22 bits per heavy atom. The van der Waals surface area contributed by atoms with Crippen molar-refractivity contribution in [1.29, 1.82) is 0 Å². The van der Waals surface area contributed by atoms with Crippen molar-refractivity contribution in [2.75, 3.05) is 13.7 Å². The summed E-state index contributed by atoms with van der Waals surface area (Å²) >= 11 is 0. The van der Waals surface area contributed by atoms with Crippen molar-refractivity contribution in [3.05, 3.63) is 0 Å². The Hall–Kier alpha value is -1.83. The van der Waals surface area contributed by atoms with E-state index < -0.39 is 30.1 Å². The second kappa shape index (κ2) is 7.49. The van der Waals surface area contributed by atoms with E-state index in [-0.39, 0.29) is 12.5 Å². The molecule has 2 unspecified atom stereocenters. The Morgan fingerprint density at radius 1 is 1.33 bits per heavy atom. The van der Waals surface area contributed by atoms with Crippen LogP contribution < -0.4 is 16.4 Å². The van der Waals surface area contributed by atoms with Gasteiger partial charge in [0.15, 0.2) is 6.10 Å². The van der Waals surface area contributed by atoms with Crippen LogP contribution in [0.2, 0.25) is 0 Å². The van der Waals surface area contributed by atoms with Crippen LogP contribution in [0.3, 0.4) is 0 Å². The third kappa shape index (κ3) is 5.48. The molecular formula is C10H19N3O5. The quantitative estimate of drug-likeness (QED) is 0.462. The molecule has 3 amide bonds. The van der Waals surface area contributed by atoms with E-state index in [1.54, 1.807) is 13.8 Å². The number of urea groups is 1. The predicted octanol–water partition coefficient (Wildman–Crippen LogP) is -1.10. The molecule has 0 aromatic heterocycles. The molecule has 0 aliphatic carbocycles. The maximum absolute atomic E-state index is 11.4. The first-order valence-corrected chi connectivity index (χ1v) is 5.38. The molecule has 0 radical (unpaired) electrons. The minimum atomic E-state index is -1.19. The van der Waals surface area contributed by atoms with Crippen LogP contribution >= 0.6 is 0 Å². The zero-order valence-corrected chi connectivity index (χ0v) is 10.6. The van der Waals surface area contributed by atoms with Gasteiger partial charge >= 0.3 is 12.0 Å². The molecule has 8 nitrogen and oxygen atoms in total. The fraction of sp³-hybridized carbons (Fsp3) is 0.700. The summed E-state index contributed by atoms with van der Waals surface area (Å²) in [5, 5.41) is 13.3. The van der Waals surface area contributed by atoms with Gasteiger partial charge in [0, 0.05) is 7.11 Å². The van der Waals surface area contributed by atoms with Crippen LogP contribution in [-0.2, 0) is 14.3 Å². The lowest BCUT2D eigenvalue weighted by atomic mass is 10.0. The number of rotatable bonds is 7. The number of hydrogen-bond acceptors (Lipinski definition) is 4. The highest BCUT2D eigenvalue weighted by molar-refractivity contribution is 5.86. The number of nitrogens with one attached hydrogen (secondary N) is 2. The zero-order valence-electron chi connectivity index (χ0n) is 10.6. The van der Waals surface area contributed by atoms with Crippen LogP contribution in [-0.4, -0.2) is 48.8 Å². The van der Waals surface area contributed by atoms with Crippen LogP contribution in [0.5, 0.6) is 0 Å². The molecule has 0 saturated carbocycles. The van der Waals surface area contributed by atoms with Gasteiger partial charge in [-0.25, -0.2) is 9.59 Å². The molecule has 5 N–H and O–H groups in total. The van der Waals surface area contributed by atoms with Crippen LogP contribution in [0.4, 0.5) is 4.79 Å². The molecule has 0 heterocycles. The number of carbonyl (C=O) groups is 3. The summed E-state index contributed by atoms with van der Waals surface area (Å²) < 4.78 is 4.63. The minimum absolute atomic E-state index is 0.161. The van der Waals surface area contributed by atoms with Crippen molar-refractivity contribution in [1.82, 2.24) is 10.6 Å². The molecule has 0 aromatic carbocycles. The van der Waals surface area contributed by atoms with Crippen LogP contribution in [0, 0.1) is 5.92 Å². The van der Waals surface area contributed by atoms with Gasteiger partial charge < -0.3 is 26.2 Å². The second-order valence-corrected chi connectivity index (χ2v) is 4.04. The normalized spacial score (nSPS) is 13.8. The largest absolute Gasteiger partial charge is 0.479 e. The Kier molecular flexibility index (Phi) is 6.73. The third-order valence-corrected chi connectivity index (χ3v) is 2.27. The Morgan fingerprint density at radius 2 is 1.89 bits per heavy atom. The van der Waals surface area contributed by atoms with E-state index >= 15 is 0 Å². The van der Waals surface area contributed by atoms with Gasteiger partial charge in [0.2, 0.25) is 5.91 Å². The first-order valence-electron chi connectivity index (χ1n) is 5.38. The van der Waals surface area contributed by atoms with Crippen LogP contribution in [0.25, 0.3) is 0 Å². The van der Waals surface area contributed by atoms with E-state index in [0.29, 0.717) is 0 Å². The Bertz CT molecular complexity index is 319. The molecule has 0 saturated heterocycles. The van der Waals surface area contributed by atoms with E-state index in [1.807, 2.05) is 0 Å². The summed E-state index contributed by atoms with van der Waals surface area (Å²) in [7, 11) is 1.22. The average molecular weight is 261 g/mol. The summed E-state index contributed by atoms with van der Waals surface area (Å²) in [6, 6.07) is -1.48. The summed E-state index contributed by atoms with van der Waals surface area (Å²) in [4.78, 5) is 33.1. The van der Waals surface area contributed by atoms with E-state index in [9.17, 15) is 14.4 Å². The topological polar surface area (TPSA) is 131 Å². The van der Waals surface area contributed by atoms with Crippen LogP contribution in [0.15, 0.2) is 0 Å². The number of ether oxygens (including phenoxy) is 1. The highest BCUT2D eigenvalue weighted by Crippen LogP contribution is 2.00. The molecular weight excluding hydrogens is 242 g/mol. The molecule has 0 aliphatic heterocycles. The summed E-state index contributed by atoms with van der Waals surface area (Å²) in [6.07, 6.45) is -1.14.